The second kappa shape index (κ2) is 7.80. The molecular formula is C24H21FN2O2. The van der Waals surface area contributed by atoms with Crippen molar-refractivity contribution in [2.24, 2.45) is 0 Å². The predicted octanol–water partition coefficient (Wildman–Crippen LogP) is 5.60. The third-order valence-corrected chi connectivity index (χ3v) is 4.95. The van der Waals surface area contributed by atoms with Crippen LogP contribution in [0.25, 0.3) is 10.9 Å². The molecule has 0 radical (unpaired) electrons. The van der Waals surface area contributed by atoms with Crippen molar-refractivity contribution in [1.82, 2.24) is 4.98 Å². The molecule has 29 heavy (non-hydrogen) atoms. The number of aromatic nitrogens is 1. The van der Waals surface area contributed by atoms with Gasteiger partial charge in [-0.2, -0.15) is 0 Å². The number of anilines is 1. The Kier molecular flexibility index (Phi) is 5.04. The van der Waals surface area contributed by atoms with Crippen molar-refractivity contribution >= 4 is 16.6 Å². The first kappa shape index (κ1) is 18.7. The van der Waals surface area contributed by atoms with Crippen molar-refractivity contribution in [1.29, 1.82) is 0 Å². The monoisotopic (exact) mass is 388 g/mol. The van der Waals surface area contributed by atoms with E-state index in [0.29, 0.717) is 16.8 Å². The molecule has 0 bridgehead atoms. The lowest BCUT2D eigenvalue weighted by molar-refractivity contribution is 0.416. The molecule has 0 saturated carbocycles. The Morgan fingerprint density at radius 1 is 1.03 bits per heavy atom. The summed E-state index contributed by atoms with van der Waals surface area (Å²) in [4.78, 5) is 4.32. The van der Waals surface area contributed by atoms with Crippen molar-refractivity contribution in [3.8, 4) is 11.5 Å². The van der Waals surface area contributed by atoms with Crippen molar-refractivity contribution < 1.29 is 14.2 Å². The molecule has 1 heterocycles. The van der Waals surface area contributed by atoms with Crippen LogP contribution in [-0.4, -0.2) is 17.2 Å². The molecule has 0 amide bonds. The number of benzene rings is 3. The third-order valence-electron chi connectivity index (χ3n) is 4.95. The number of pyridine rings is 1. The van der Waals surface area contributed by atoms with Gasteiger partial charge in [0, 0.05) is 17.1 Å². The van der Waals surface area contributed by atoms with E-state index in [0.717, 1.165) is 22.2 Å². The van der Waals surface area contributed by atoms with Gasteiger partial charge in [0.25, 0.3) is 0 Å². The number of hydrogen-bond acceptors (Lipinski definition) is 4. The van der Waals surface area contributed by atoms with Crippen molar-refractivity contribution in [2.45, 2.75) is 13.0 Å². The molecule has 3 aromatic carbocycles. The van der Waals surface area contributed by atoms with E-state index in [-0.39, 0.29) is 11.6 Å². The highest BCUT2D eigenvalue weighted by Crippen LogP contribution is 2.38. The summed E-state index contributed by atoms with van der Waals surface area (Å²) in [5.41, 5.74) is 3.82. The molecule has 0 saturated heterocycles. The molecule has 5 heteroatoms. The average Bonchev–Trinajstić information content (AvgIpc) is 2.74. The fourth-order valence-corrected chi connectivity index (χ4v) is 3.46. The van der Waals surface area contributed by atoms with Crippen LogP contribution < -0.4 is 10.1 Å². The van der Waals surface area contributed by atoms with Crippen LogP contribution in [-0.2, 0) is 0 Å². The molecule has 2 N–H and O–H groups in total. The zero-order chi connectivity index (χ0) is 20.4. The van der Waals surface area contributed by atoms with Crippen LogP contribution in [0.3, 0.4) is 0 Å². The lowest BCUT2D eigenvalue weighted by atomic mass is 9.95. The molecule has 4 aromatic rings. The highest BCUT2D eigenvalue weighted by atomic mass is 19.1. The fourth-order valence-electron chi connectivity index (χ4n) is 3.46. The molecule has 1 aromatic heterocycles. The topological polar surface area (TPSA) is 54.4 Å². The maximum atomic E-state index is 13.5. The predicted molar refractivity (Wildman–Crippen MR) is 113 cm³/mol. The van der Waals surface area contributed by atoms with E-state index in [4.69, 9.17) is 4.74 Å². The second-order valence-corrected chi connectivity index (χ2v) is 6.91. The van der Waals surface area contributed by atoms with Crippen LogP contribution in [0, 0.1) is 12.7 Å². The van der Waals surface area contributed by atoms with Gasteiger partial charge in [0.2, 0.25) is 0 Å². The van der Waals surface area contributed by atoms with Crippen LogP contribution in [0.15, 0.2) is 72.9 Å². The first-order valence-corrected chi connectivity index (χ1v) is 9.30. The Morgan fingerprint density at radius 2 is 1.83 bits per heavy atom. The van der Waals surface area contributed by atoms with Crippen LogP contribution in [0.1, 0.15) is 22.7 Å². The normalized spacial score (nSPS) is 12.0. The number of halogens is 1. The molecule has 1 atom stereocenters. The molecule has 146 valence electrons. The molecule has 0 aliphatic heterocycles. The summed E-state index contributed by atoms with van der Waals surface area (Å²) in [5, 5.41) is 15.3. The van der Waals surface area contributed by atoms with E-state index >= 15 is 0 Å². The van der Waals surface area contributed by atoms with E-state index in [2.05, 4.69) is 10.3 Å². The van der Waals surface area contributed by atoms with Gasteiger partial charge in [0.15, 0.2) is 0 Å². The third kappa shape index (κ3) is 3.72. The molecule has 4 rings (SSSR count). The molecule has 0 aliphatic rings. The molecule has 0 aliphatic carbocycles. The summed E-state index contributed by atoms with van der Waals surface area (Å²) >= 11 is 0. The van der Waals surface area contributed by atoms with Crippen LogP contribution in [0.5, 0.6) is 11.5 Å². The maximum Gasteiger partial charge on any atom is 0.147 e. The summed E-state index contributed by atoms with van der Waals surface area (Å²) in [6.45, 7) is 1.99. The number of fused-ring (bicyclic) bond motifs is 1. The van der Waals surface area contributed by atoms with Gasteiger partial charge in [-0.1, -0.05) is 36.4 Å². The lowest BCUT2D eigenvalue weighted by Crippen LogP contribution is -2.14. The van der Waals surface area contributed by atoms with Crippen LogP contribution in [0.4, 0.5) is 10.1 Å². The van der Waals surface area contributed by atoms with Gasteiger partial charge in [0.1, 0.15) is 22.8 Å². The summed E-state index contributed by atoms with van der Waals surface area (Å²) < 4.78 is 19.0. The first-order chi connectivity index (χ1) is 14.1. The molecule has 0 spiro atoms. The SMILES string of the molecule is COc1ccc(C)cc1N[C@@H](c1ccc(F)cc1)c1ccc2cccnc2c1O. The number of methoxy groups -OCH3 is 1. The number of nitrogens with one attached hydrogen (secondary N) is 1. The number of phenolic OH excluding ortho intramolecular Hbond substituents is 1. The highest BCUT2D eigenvalue weighted by molar-refractivity contribution is 5.86. The number of phenols is 1. The van der Waals surface area contributed by atoms with Gasteiger partial charge in [0.05, 0.1) is 18.8 Å². The number of aromatic hydroxyl groups is 1. The zero-order valence-corrected chi connectivity index (χ0v) is 16.2. The summed E-state index contributed by atoms with van der Waals surface area (Å²) in [5.74, 6) is 0.461. The lowest BCUT2D eigenvalue weighted by Gasteiger charge is -2.24. The van der Waals surface area contributed by atoms with Gasteiger partial charge in [-0.15, -0.1) is 0 Å². The minimum absolute atomic E-state index is 0.0940. The molecule has 0 fully saturated rings. The highest BCUT2D eigenvalue weighted by Gasteiger charge is 2.21. The maximum absolute atomic E-state index is 13.5. The number of hydrogen-bond donors (Lipinski definition) is 2. The van der Waals surface area contributed by atoms with Crippen molar-refractivity contribution in [3.63, 3.8) is 0 Å². The summed E-state index contributed by atoms with van der Waals surface area (Å²) in [6.07, 6.45) is 1.65. The molecular weight excluding hydrogens is 367 g/mol. The van der Waals surface area contributed by atoms with E-state index < -0.39 is 6.04 Å². The number of rotatable bonds is 5. The molecule has 4 nitrogen and oxygen atoms in total. The number of ether oxygens (including phenoxy) is 1. The average molecular weight is 388 g/mol. The van der Waals surface area contributed by atoms with Crippen LogP contribution in [0.2, 0.25) is 0 Å². The standard InChI is InChI=1S/C24H21FN2O2/c1-15-5-12-21(29-2)20(14-15)27-22(17-6-9-18(25)10-7-17)19-11-8-16-4-3-13-26-23(16)24(19)28/h3-14,22,27-28H,1-2H3/t22-/m0/s1. The van der Waals surface area contributed by atoms with E-state index in [1.807, 2.05) is 49.4 Å². The minimum Gasteiger partial charge on any atom is -0.505 e. The Labute approximate surface area is 168 Å². The Balaban J connectivity index is 1.87. The largest absolute Gasteiger partial charge is 0.505 e. The Morgan fingerprint density at radius 3 is 2.59 bits per heavy atom. The number of nitrogens with zero attached hydrogens (tertiary/aromatic N) is 1. The van der Waals surface area contributed by atoms with Crippen LogP contribution >= 0.6 is 0 Å². The first-order valence-electron chi connectivity index (χ1n) is 9.30. The van der Waals surface area contributed by atoms with Gasteiger partial charge in [-0.25, -0.2) is 4.39 Å². The van der Waals surface area contributed by atoms with Crippen molar-refractivity contribution in [3.05, 3.63) is 95.4 Å². The quantitative estimate of drug-likeness (QED) is 0.467. The van der Waals surface area contributed by atoms with Crippen molar-refractivity contribution in [2.75, 3.05) is 12.4 Å². The van der Waals surface area contributed by atoms with Gasteiger partial charge < -0.3 is 15.2 Å². The van der Waals surface area contributed by atoms with E-state index in [1.54, 1.807) is 25.4 Å². The fraction of sp³-hybridized carbons (Fsp3) is 0.125. The Hall–Kier alpha value is -3.60. The van der Waals surface area contributed by atoms with Gasteiger partial charge in [-0.05, 0) is 48.4 Å². The van der Waals surface area contributed by atoms with E-state index in [1.165, 1.54) is 12.1 Å². The molecule has 0 unspecified atom stereocenters. The number of aryl methyl sites for hydroxylation is 1. The van der Waals surface area contributed by atoms with Gasteiger partial charge >= 0.3 is 0 Å². The minimum atomic E-state index is -0.433. The smallest absolute Gasteiger partial charge is 0.147 e. The summed E-state index contributed by atoms with van der Waals surface area (Å²) in [7, 11) is 1.61. The van der Waals surface area contributed by atoms with Gasteiger partial charge in [-0.3, -0.25) is 4.98 Å². The zero-order valence-electron chi connectivity index (χ0n) is 16.2. The second-order valence-electron chi connectivity index (χ2n) is 6.91. The summed E-state index contributed by atoms with van der Waals surface area (Å²) in [6, 6.07) is 19.1. The van der Waals surface area contributed by atoms with E-state index in [9.17, 15) is 9.50 Å². The Bertz CT molecular complexity index is 1160.